The average Bonchev–Trinajstić information content (AvgIpc) is 2.80. The molecule has 5 atom stereocenters. The predicted molar refractivity (Wildman–Crippen MR) is 139 cm³/mol. The third-order valence-corrected chi connectivity index (χ3v) is 5.68. The molecule has 0 saturated carbocycles. The molecule has 13 N–H and O–H groups in total. The molecule has 0 rings (SSSR count). The number of nitrogens with one attached hydrogen (secondary N) is 3. The summed E-state index contributed by atoms with van der Waals surface area (Å²) in [5, 5.41) is 7.91. The third-order valence-electron chi connectivity index (χ3n) is 5.68. The fraction of sp³-hybridized carbons (Fsp3) is 0.727. The summed E-state index contributed by atoms with van der Waals surface area (Å²) in [6.07, 6.45) is 2.32. The zero-order valence-electron chi connectivity index (χ0n) is 21.8. The van der Waals surface area contributed by atoms with Crippen LogP contribution in [0.2, 0.25) is 0 Å². The lowest BCUT2D eigenvalue weighted by Crippen LogP contribution is -2.57. The number of hydrogen-bond donors (Lipinski definition) is 8. The summed E-state index contributed by atoms with van der Waals surface area (Å²) in [6, 6.07) is -2.79. The van der Waals surface area contributed by atoms with Gasteiger partial charge in [0.15, 0.2) is 11.9 Å². The number of nitrogens with zero attached hydrogens (tertiary/aromatic N) is 2. The molecule has 14 heteroatoms. The lowest BCUT2D eigenvalue weighted by molar-refractivity contribution is -0.134. The van der Waals surface area contributed by atoms with Crippen LogP contribution in [-0.4, -0.2) is 66.8 Å². The number of guanidine groups is 2. The quantitative estimate of drug-likeness (QED) is 0.0597. The molecule has 0 aliphatic rings. The normalized spacial score (nSPS) is 14.8. The molecule has 0 radical (unpaired) electrons. The number of rotatable bonds is 17. The first kappa shape index (κ1) is 32.4. The van der Waals surface area contributed by atoms with Gasteiger partial charge in [-0.15, -0.1) is 0 Å². The topological polar surface area (TPSA) is 259 Å². The highest BCUT2D eigenvalue weighted by molar-refractivity contribution is 5.94. The molecule has 0 aliphatic carbocycles. The van der Waals surface area contributed by atoms with Gasteiger partial charge >= 0.3 is 0 Å². The zero-order chi connectivity index (χ0) is 27.8. The standard InChI is InChI=1S/C22H44N10O4/c1-5-12(2)16(17(23)33)32-20(36)15(9-7-11-29-22(26)27)31-19(35)14(4)30-18(34)13(3)8-6-10-28-21(24)25/h12-16H,5-11H2,1-4H3,(H2,23,33)(H,30,34)(H,31,35)(H,32,36)(H4,24,25,28)(H4,26,27,29). The molecule has 0 fully saturated rings. The molecule has 0 saturated heterocycles. The van der Waals surface area contributed by atoms with Crippen molar-refractivity contribution in [2.75, 3.05) is 13.1 Å². The Morgan fingerprint density at radius 2 is 1.25 bits per heavy atom. The molecule has 0 aromatic carbocycles. The van der Waals surface area contributed by atoms with Gasteiger partial charge in [-0.1, -0.05) is 27.2 Å². The molecule has 36 heavy (non-hydrogen) atoms. The van der Waals surface area contributed by atoms with E-state index in [1.807, 2.05) is 6.92 Å². The largest absolute Gasteiger partial charge is 0.370 e. The molecule has 4 amide bonds. The third kappa shape index (κ3) is 13.3. The van der Waals surface area contributed by atoms with Crippen LogP contribution in [0.5, 0.6) is 0 Å². The zero-order valence-corrected chi connectivity index (χ0v) is 21.8. The van der Waals surface area contributed by atoms with Crippen molar-refractivity contribution in [1.29, 1.82) is 0 Å². The fourth-order valence-corrected chi connectivity index (χ4v) is 3.21. The van der Waals surface area contributed by atoms with Gasteiger partial charge in [0.2, 0.25) is 23.6 Å². The summed E-state index contributed by atoms with van der Waals surface area (Å²) in [4.78, 5) is 57.8. The van der Waals surface area contributed by atoms with E-state index < -0.39 is 35.8 Å². The van der Waals surface area contributed by atoms with Crippen molar-refractivity contribution in [3.8, 4) is 0 Å². The Labute approximate surface area is 212 Å². The Morgan fingerprint density at radius 3 is 1.72 bits per heavy atom. The van der Waals surface area contributed by atoms with E-state index in [2.05, 4.69) is 25.9 Å². The summed E-state index contributed by atoms with van der Waals surface area (Å²) in [7, 11) is 0. The van der Waals surface area contributed by atoms with Gasteiger partial charge in [0, 0.05) is 19.0 Å². The fourth-order valence-electron chi connectivity index (χ4n) is 3.21. The van der Waals surface area contributed by atoms with E-state index in [4.69, 9.17) is 28.7 Å². The molecule has 5 unspecified atom stereocenters. The Hall–Kier alpha value is -3.58. The van der Waals surface area contributed by atoms with Crippen LogP contribution in [0.4, 0.5) is 0 Å². The van der Waals surface area contributed by atoms with Crippen molar-refractivity contribution in [2.24, 2.45) is 50.5 Å². The molecule has 0 bridgehead atoms. The number of hydrogen-bond acceptors (Lipinski definition) is 6. The van der Waals surface area contributed by atoms with Gasteiger partial charge in [0.25, 0.3) is 0 Å². The van der Waals surface area contributed by atoms with Gasteiger partial charge in [-0.2, -0.15) is 0 Å². The Kier molecular flexibility index (Phi) is 15.3. The summed E-state index contributed by atoms with van der Waals surface area (Å²) in [6.45, 7) is 7.55. The highest BCUT2D eigenvalue weighted by Crippen LogP contribution is 2.09. The molecule has 0 aromatic heterocycles. The van der Waals surface area contributed by atoms with Crippen molar-refractivity contribution in [1.82, 2.24) is 16.0 Å². The number of aliphatic imine (C=N–C) groups is 2. The summed E-state index contributed by atoms with van der Waals surface area (Å²) in [5.41, 5.74) is 26.7. The molecule has 206 valence electrons. The minimum absolute atomic E-state index is 0.0133. The first-order chi connectivity index (χ1) is 16.8. The van der Waals surface area contributed by atoms with Crippen molar-refractivity contribution in [3.63, 3.8) is 0 Å². The van der Waals surface area contributed by atoms with Crippen LogP contribution < -0.4 is 44.6 Å². The first-order valence-corrected chi connectivity index (χ1v) is 12.1. The summed E-state index contributed by atoms with van der Waals surface area (Å²) < 4.78 is 0. The maximum atomic E-state index is 13.0. The van der Waals surface area contributed by atoms with Crippen LogP contribution in [0.1, 0.15) is 59.8 Å². The highest BCUT2D eigenvalue weighted by Gasteiger charge is 2.29. The molecule has 0 spiro atoms. The van der Waals surface area contributed by atoms with Crippen LogP contribution in [0.25, 0.3) is 0 Å². The Balaban J connectivity index is 5.19. The maximum Gasteiger partial charge on any atom is 0.243 e. The summed E-state index contributed by atoms with van der Waals surface area (Å²) in [5.74, 6) is -2.79. The SMILES string of the molecule is CCC(C)C(NC(=O)C(CCCN=C(N)N)NC(=O)C(C)NC(=O)C(C)CCCN=C(N)N)C(N)=O. The lowest BCUT2D eigenvalue weighted by atomic mass is 9.98. The molecular formula is C22H44N10O4. The van der Waals surface area contributed by atoms with Crippen LogP contribution >= 0.6 is 0 Å². The summed E-state index contributed by atoms with van der Waals surface area (Å²) >= 11 is 0. The van der Waals surface area contributed by atoms with E-state index in [9.17, 15) is 19.2 Å². The van der Waals surface area contributed by atoms with E-state index in [1.165, 1.54) is 6.92 Å². The molecular weight excluding hydrogens is 468 g/mol. The van der Waals surface area contributed by atoms with E-state index in [0.717, 1.165) is 0 Å². The lowest BCUT2D eigenvalue weighted by Gasteiger charge is -2.26. The van der Waals surface area contributed by atoms with Crippen molar-refractivity contribution in [3.05, 3.63) is 0 Å². The highest BCUT2D eigenvalue weighted by atomic mass is 16.2. The monoisotopic (exact) mass is 512 g/mol. The second kappa shape index (κ2) is 16.9. The van der Waals surface area contributed by atoms with Gasteiger partial charge in [0.05, 0.1) is 0 Å². The van der Waals surface area contributed by atoms with Crippen molar-refractivity contribution in [2.45, 2.75) is 77.9 Å². The van der Waals surface area contributed by atoms with Gasteiger partial charge < -0.3 is 44.6 Å². The number of carbonyl (C=O) groups is 4. The average molecular weight is 513 g/mol. The van der Waals surface area contributed by atoms with E-state index >= 15 is 0 Å². The number of nitrogens with two attached hydrogens (primary N) is 5. The number of amides is 4. The molecule has 0 aliphatic heterocycles. The second-order valence-electron chi connectivity index (χ2n) is 8.86. The molecule has 0 heterocycles. The van der Waals surface area contributed by atoms with Crippen LogP contribution in [0, 0.1) is 11.8 Å². The van der Waals surface area contributed by atoms with Gasteiger partial charge in [-0.05, 0) is 38.5 Å². The second-order valence-corrected chi connectivity index (χ2v) is 8.86. The van der Waals surface area contributed by atoms with Crippen LogP contribution in [0.15, 0.2) is 9.98 Å². The minimum atomic E-state index is -0.992. The minimum Gasteiger partial charge on any atom is -0.370 e. The van der Waals surface area contributed by atoms with Gasteiger partial charge in [0.1, 0.15) is 18.1 Å². The van der Waals surface area contributed by atoms with E-state index in [0.29, 0.717) is 32.2 Å². The molecule has 14 nitrogen and oxygen atoms in total. The van der Waals surface area contributed by atoms with Crippen LogP contribution in [-0.2, 0) is 19.2 Å². The van der Waals surface area contributed by atoms with Crippen molar-refractivity contribution >= 4 is 35.5 Å². The Bertz CT molecular complexity index is 794. The van der Waals surface area contributed by atoms with E-state index in [1.54, 1.807) is 13.8 Å². The van der Waals surface area contributed by atoms with Gasteiger partial charge in [-0.3, -0.25) is 29.2 Å². The Morgan fingerprint density at radius 1 is 0.722 bits per heavy atom. The number of carbonyl (C=O) groups excluding carboxylic acids is 4. The van der Waals surface area contributed by atoms with Gasteiger partial charge in [-0.25, -0.2) is 0 Å². The van der Waals surface area contributed by atoms with Crippen LogP contribution in [0.3, 0.4) is 0 Å². The maximum absolute atomic E-state index is 13.0. The molecule has 0 aromatic rings. The smallest absolute Gasteiger partial charge is 0.243 e. The van der Waals surface area contributed by atoms with Crippen molar-refractivity contribution < 1.29 is 19.2 Å². The predicted octanol–water partition coefficient (Wildman–Crippen LogP) is -2.26. The van der Waals surface area contributed by atoms with E-state index in [-0.39, 0.29) is 42.6 Å². The number of primary amides is 1. The first-order valence-electron chi connectivity index (χ1n) is 12.1.